The van der Waals surface area contributed by atoms with Crippen LogP contribution in [0.4, 0.5) is 11.4 Å². The highest BCUT2D eigenvalue weighted by molar-refractivity contribution is 7.14. The van der Waals surface area contributed by atoms with E-state index in [2.05, 4.69) is 5.32 Å². The van der Waals surface area contributed by atoms with E-state index in [1.165, 1.54) is 52.5 Å². The van der Waals surface area contributed by atoms with Gasteiger partial charge in [-0.3, -0.25) is 14.9 Å². The largest absolute Gasteiger partial charge is 0.451 e. The summed E-state index contributed by atoms with van der Waals surface area (Å²) in [6, 6.07) is 7.31. The highest BCUT2D eigenvalue weighted by Gasteiger charge is 2.18. The van der Waals surface area contributed by atoms with E-state index in [0.29, 0.717) is 10.6 Å². The molecule has 0 unspecified atom stereocenters. The number of non-ortho nitro benzene ring substituents is 1. The fraction of sp³-hybridized carbons (Fsp3) is 0.333. The van der Waals surface area contributed by atoms with Crippen molar-refractivity contribution >= 4 is 34.6 Å². The molecule has 1 aromatic heterocycles. The van der Waals surface area contributed by atoms with Crippen molar-refractivity contribution in [2.45, 2.75) is 32.1 Å². The summed E-state index contributed by atoms with van der Waals surface area (Å²) in [6.45, 7) is -0.404. The number of fused-ring (bicyclic) bond motifs is 1. The van der Waals surface area contributed by atoms with Crippen molar-refractivity contribution in [2.75, 3.05) is 11.9 Å². The standard InChI is InChI=1S/C18H18N2O5S/c21-17(19-13-6-8-14(9-7-13)20(23)24)11-25-18(22)16-10-12-4-2-1-3-5-15(12)26-16/h6-10H,1-5,11H2,(H,19,21). The number of nitro benzene ring substituents is 1. The van der Waals surface area contributed by atoms with E-state index in [1.54, 1.807) is 0 Å². The zero-order valence-electron chi connectivity index (χ0n) is 14.0. The number of anilines is 1. The molecular formula is C18H18N2O5S. The summed E-state index contributed by atoms with van der Waals surface area (Å²) in [5.41, 5.74) is 1.56. The molecule has 0 radical (unpaired) electrons. The number of thiophene rings is 1. The smallest absolute Gasteiger partial charge is 0.348 e. The number of rotatable bonds is 5. The molecule has 0 spiro atoms. The molecule has 0 atom stereocenters. The Morgan fingerprint density at radius 1 is 1.15 bits per heavy atom. The molecule has 3 rings (SSSR count). The highest BCUT2D eigenvalue weighted by Crippen LogP contribution is 2.29. The van der Waals surface area contributed by atoms with Gasteiger partial charge in [0.15, 0.2) is 6.61 Å². The summed E-state index contributed by atoms with van der Waals surface area (Å²) in [4.78, 5) is 35.9. The lowest BCUT2D eigenvalue weighted by molar-refractivity contribution is -0.384. The number of ether oxygens (including phenoxy) is 1. The molecule has 0 bridgehead atoms. The van der Waals surface area contributed by atoms with Crippen LogP contribution in [0, 0.1) is 10.1 Å². The van der Waals surface area contributed by atoms with Gasteiger partial charge in [-0.05, 0) is 49.4 Å². The first-order chi connectivity index (χ1) is 12.5. The first kappa shape index (κ1) is 18.1. The van der Waals surface area contributed by atoms with Crippen LogP contribution in [-0.4, -0.2) is 23.4 Å². The number of nitrogens with one attached hydrogen (secondary N) is 1. The number of benzene rings is 1. The number of nitrogens with zero attached hydrogens (tertiary/aromatic N) is 1. The molecule has 1 amide bonds. The predicted molar refractivity (Wildman–Crippen MR) is 97.6 cm³/mol. The van der Waals surface area contributed by atoms with Crippen LogP contribution in [0.5, 0.6) is 0 Å². The third kappa shape index (κ3) is 4.45. The summed E-state index contributed by atoms with van der Waals surface area (Å²) in [7, 11) is 0. The maximum Gasteiger partial charge on any atom is 0.348 e. The van der Waals surface area contributed by atoms with Gasteiger partial charge in [0.05, 0.1) is 4.92 Å². The molecule has 1 aromatic carbocycles. The van der Waals surface area contributed by atoms with Crippen LogP contribution >= 0.6 is 11.3 Å². The molecule has 7 nitrogen and oxygen atoms in total. The van der Waals surface area contributed by atoms with Gasteiger partial charge in [0.1, 0.15) is 4.88 Å². The number of hydrogen-bond acceptors (Lipinski definition) is 6. The first-order valence-corrected chi connectivity index (χ1v) is 9.17. The SMILES string of the molecule is O=C(COC(=O)c1cc2c(s1)CCCCC2)Nc1ccc([N+](=O)[O-])cc1. The number of amides is 1. The van der Waals surface area contributed by atoms with E-state index >= 15 is 0 Å². The number of carbonyl (C=O) groups excluding carboxylic acids is 2. The summed E-state index contributed by atoms with van der Waals surface area (Å²) >= 11 is 1.45. The normalized spacial score (nSPS) is 13.4. The van der Waals surface area contributed by atoms with Crippen molar-refractivity contribution in [3.05, 3.63) is 55.8 Å². The quantitative estimate of drug-likeness (QED) is 0.372. The fourth-order valence-corrected chi connectivity index (χ4v) is 3.98. The van der Waals surface area contributed by atoms with E-state index in [9.17, 15) is 19.7 Å². The van der Waals surface area contributed by atoms with Crippen LogP contribution in [0.3, 0.4) is 0 Å². The van der Waals surface area contributed by atoms with Gasteiger partial charge in [0, 0.05) is 22.7 Å². The predicted octanol–water partition coefficient (Wildman–Crippen LogP) is 3.72. The van der Waals surface area contributed by atoms with Crippen LogP contribution < -0.4 is 5.32 Å². The van der Waals surface area contributed by atoms with Crippen molar-refractivity contribution < 1.29 is 19.2 Å². The molecule has 26 heavy (non-hydrogen) atoms. The third-order valence-corrected chi connectivity index (χ3v) is 5.36. The lowest BCUT2D eigenvalue weighted by Crippen LogP contribution is -2.20. The van der Waals surface area contributed by atoms with Crippen LogP contribution in [0.15, 0.2) is 30.3 Å². The average Bonchev–Trinajstić information content (AvgIpc) is 2.91. The van der Waals surface area contributed by atoms with Crippen LogP contribution in [-0.2, 0) is 22.4 Å². The maximum absolute atomic E-state index is 12.2. The molecule has 0 fully saturated rings. The number of nitro groups is 1. The van der Waals surface area contributed by atoms with Gasteiger partial charge in [-0.2, -0.15) is 0 Å². The minimum absolute atomic E-state index is 0.0631. The molecule has 136 valence electrons. The first-order valence-electron chi connectivity index (χ1n) is 8.36. The van der Waals surface area contributed by atoms with E-state index in [0.717, 1.165) is 25.7 Å². The molecule has 8 heteroatoms. The van der Waals surface area contributed by atoms with Crippen LogP contribution in [0.2, 0.25) is 0 Å². The van der Waals surface area contributed by atoms with Crippen molar-refractivity contribution in [1.82, 2.24) is 0 Å². The average molecular weight is 374 g/mol. The molecule has 1 N–H and O–H groups in total. The van der Waals surface area contributed by atoms with Gasteiger partial charge in [0.2, 0.25) is 0 Å². The summed E-state index contributed by atoms with van der Waals surface area (Å²) < 4.78 is 5.08. The zero-order valence-corrected chi connectivity index (χ0v) is 14.8. The van der Waals surface area contributed by atoms with Crippen molar-refractivity contribution in [3.63, 3.8) is 0 Å². The summed E-state index contributed by atoms with van der Waals surface area (Å²) in [5.74, 6) is -0.993. The number of hydrogen-bond donors (Lipinski definition) is 1. The maximum atomic E-state index is 12.2. The Morgan fingerprint density at radius 3 is 2.62 bits per heavy atom. The Bertz CT molecular complexity index is 805. The second-order valence-corrected chi connectivity index (χ2v) is 7.18. The zero-order chi connectivity index (χ0) is 18.5. The van der Waals surface area contributed by atoms with Gasteiger partial charge < -0.3 is 10.1 Å². The lowest BCUT2D eigenvalue weighted by Gasteiger charge is -2.05. The number of carbonyl (C=O) groups is 2. The van der Waals surface area contributed by atoms with Crippen LogP contribution in [0.25, 0.3) is 0 Å². The van der Waals surface area contributed by atoms with Gasteiger partial charge in [0.25, 0.3) is 11.6 Å². The minimum Gasteiger partial charge on any atom is -0.451 e. The Labute approximate surface area is 154 Å². The summed E-state index contributed by atoms with van der Waals surface area (Å²) in [5, 5.41) is 13.1. The molecular weight excluding hydrogens is 356 g/mol. The molecule has 0 saturated carbocycles. The van der Waals surface area contributed by atoms with Gasteiger partial charge >= 0.3 is 5.97 Å². The monoisotopic (exact) mass is 374 g/mol. The van der Waals surface area contributed by atoms with E-state index in [4.69, 9.17) is 4.74 Å². The van der Waals surface area contributed by atoms with Gasteiger partial charge in [-0.25, -0.2) is 4.79 Å². The number of aryl methyl sites for hydroxylation is 2. The topological polar surface area (TPSA) is 98.5 Å². The second-order valence-electron chi connectivity index (χ2n) is 6.05. The number of esters is 1. The molecule has 1 aliphatic carbocycles. The molecule has 1 heterocycles. The highest BCUT2D eigenvalue weighted by atomic mass is 32.1. The molecule has 1 aliphatic rings. The summed E-state index contributed by atoms with van der Waals surface area (Å²) in [6.07, 6.45) is 5.47. The fourth-order valence-electron chi connectivity index (χ4n) is 2.83. The van der Waals surface area contributed by atoms with Crippen LogP contribution in [0.1, 0.15) is 39.4 Å². The van der Waals surface area contributed by atoms with Crippen molar-refractivity contribution in [1.29, 1.82) is 0 Å². The van der Waals surface area contributed by atoms with Crippen molar-refractivity contribution in [2.24, 2.45) is 0 Å². The van der Waals surface area contributed by atoms with E-state index < -0.39 is 23.4 Å². The molecule has 0 aliphatic heterocycles. The van der Waals surface area contributed by atoms with Gasteiger partial charge in [-0.15, -0.1) is 11.3 Å². The Kier molecular flexibility index (Phi) is 5.62. The minimum atomic E-state index is -0.518. The lowest BCUT2D eigenvalue weighted by atomic mass is 10.1. The molecule has 0 saturated heterocycles. The molecule has 2 aromatic rings. The van der Waals surface area contributed by atoms with Gasteiger partial charge in [-0.1, -0.05) is 6.42 Å². The Morgan fingerprint density at radius 2 is 1.88 bits per heavy atom. The second kappa shape index (κ2) is 8.09. The Balaban J connectivity index is 1.52. The third-order valence-electron chi connectivity index (χ3n) is 4.14. The van der Waals surface area contributed by atoms with Crippen molar-refractivity contribution in [3.8, 4) is 0 Å². The van der Waals surface area contributed by atoms with E-state index in [1.807, 2.05) is 6.07 Å². The van der Waals surface area contributed by atoms with E-state index in [-0.39, 0.29) is 5.69 Å². The Hall–Kier alpha value is -2.74.